The molecular formula is C15H15ClN4. The second kappa shape index (κ2) is 5.89. The van der Waals surface area contributed by atoms with E-state index in [1.165, 1.54) is 0 Å². The van der Waals surface area contributed by atoms with E-state index in [0.29, 0.717) is 23.1 Å². The summed E-state index contributed by atoms with van der Waals surface area (Å²) in [6, 6.07) is 9.68. The lowest BCUT2D eigenvalue weighted by molar-refractivity contribution is 0.869. The molecule has 0 aliphatic rings. The zero-order valence-electron chi connectivity index (χ0n) is 11.7. The second-order valence-corrected chi connectivity index (χ2v) is 5.04. The molecule has 0 aliphatic heterocycles. The van der Waals surface area contributed by atoms with Gasteiger partial charge < -0.3 is 4.90 Å². The molecule has 0 radical (unpaired) electrons. The van der Waals surface area contributed by atoms with Crippen LogP contribution in [0.25, 0.3) is 0 Å². The fourth-order valence-corrected chi connectivity index (χ4v) is 2.25. The van der Waals surface area contributed by atoms with Gasteiger partial charge in [0.15, 0.2) is 0 Å². The van der Waals surface area contributed by atoms with E-state index in [1.807, 2.05) is 44.0 Å². The molecule has 1 aromatic heterocycles. The molecule has 5 heteroatoms. The number of aromatic nitrogens is 2. The lowest BCUT2D eigenvalue weighted by Gasteiger charge is -2.21. The average molecular weight is 287 g/mol. The second-order valence-electron chi connectivity index (χ2n) is 4.68. The quantitative estimate of drug-likeness (QED) is 0.813. The number of hydrogen-bond donors (Lipinski definition) is 0. The average Bonchev–Trinajstić information content (AvgIpc) is 2.43. The predicted octanol–water partition coefficient (Wildman–Crippen LogP) is 3.25. The first kappa shape index (κ1) is 14.3. The lowest BCUT2D eigenvalue weighted by atomic mass is 10.1. The van der Waals surface area contributed by atoms with Crippen LogP contribution in [0.4, 0.5) is 5.82 Å². The zero-order chi connectivity index (χ0) is 14.7. The topological polar surface area (TPSA) is 52.8 Å². The van der Waals surface area contributed by atoms with Crippen molar-refractivity contribution >= 4 is 17.4 Å². The number of benzene rings is 1. The van der Waals surface area contributed by atoms with Gasteiger partial charge in [0.25, 0.3) is 0 Å². The van der Waals surface area contributed by atoms with Crippen molar-refractivity contribution in [3.63, 3.8) is 0 Å². The monoisotopic (exact) mass is 286 g/mol. The Hall–Kier alpha value is -2.12. The first-order chi connectivity index (χ1) is 9.51. The maximum atomic E-state index is 8.93. The summed E-state index contributed by atoms with van der Waals surface area (Å²) >= 11 is 6.09. The van der Waals surface area contributed by atoms with Gasteiger partial charge in [0.1, 0.15) is 16.8 Å². The first-order valence-corrected chi connectivity index (χ1v) is 6.60. The summed E-state index contributed by atoms with van der Waals surface area (Å²) in [5, 5.41) is 9.41. The van der Waals surface area contributed by atoms with Crippen molar-refractivity contribution in [1.29, 1.82) is 5.26 Å². The number of nitrogens with zero attached hydrogens (tertiary/aromatic N) is 4. The van der Waals surface area contributed by atoms with Gasteiger partial charge in [0.05, 0.1) is 11.6 Å². The van der Waals surface area contributed by atoms with Crippen LogP contribution in [-0.4, -0.2) is 17.0 Å². The molecule has 0 saturated carbocycles. The Balaban J connectivity index is 2.28. The van der Waals surface area contributed by atoms with Crippen LogP contribution in [0.3, 0.4) is 0 Å². The minimum atomic E-state index is 0.477. The van der Waals surface area contributed by atoms with Gasteiger partial charge in [-0.05, 0) is 31.5 Å². The molecule has 20 heavy (non-hydrogen) atoms. The summed E-state index contributed by atoms with van der Waals surface area (Å²) in [5.41, 5.74) is 2.57. The highest BCUT2D eigenvalue weighted by atomic mass is 35.5. The van der Waals surface area contributed by atoms with Crippen molar-refractivity contribution in [3.05, 3.63) is 51.9 Å². The molecule has 1 aromatic carbocycles. The fourth-order valence-electron chi connectivity index (χ4n) is 2.04. The summed E-state index contributed by atoms with van der Waals surface area (Å²) in [4.78, 5) is 10.6. The van der Waals surface area contributed by atoms with Crippen molar-refractivity contribution in [3.8, 4) is 6.07 Å². The molecule has 0 spiro atoms. The molecule has 0 atom stereocenters. The smallest absolute Gasteiger partial charge is 0.137 e. The Kier molecular flexibility index (Phi) is 4.21. The highest BCUT2D eigenvalue weighted by Gasteiger charge is 2.12. The van der Waals surface area contributed by atoms with Crippen molar-refractivity contribution in [2.24, 2.45) is 0 Å². The van der Waals surface area contributed by atoms with E-state index in [1.54, 1.807) is 6.07 Å². The molecule has 1 heterocycles. The number of aryl methyl sites for hydroxylation is 1. The summed E-state index contributed by atoms with van der Waals surface area (Å²) in [6.07, 6.45) is 0. The molecule has 2 aromatic rings. The van der Waals surface area contributed by atoms with Crippen molar-refractivity contribution < 1.29 is 0 Å². The maximum absolute atomic E-state index is 8.93. The molecule has 102 valence electrons. The summed E-state index contributed by atoms with van der Waals surface area (Å²) in [7, 11) is 1.95. The SMILES string of the molecule is Cc1nc(Cl)c(C)c(N(C)Cc2cccc(C#N)c2)n1. The molecule has 4 nitrogen and oxygen atoms in total. The predicted molar refractivity (Wildman–Crippen MR) is 79.8 cm³/mol. The highest BCUT2D eigenvalue weighted by molar-refractivity contribution is 6.30. The van der Waals surface area contributed by atoms with Gasteiger partial charge in [0.2, 0.25) is 0 Å². The van der Waals surface area contributed by atoms with Crippen molar-refractivity contribution in [1.82, 2.24) is 9.97 Å². The molecule has 0 amide bonds. The summed E-state index contributed by atoms with van der Waals surface area (Å²) in [5.74, 6) is 1.46. The molecule has 0 unspecified atom stereocenters. The molecular weight excluding hydrogens is 272 g/mol. The van der Waals surface area contributed by atoms with E-state index >= 15 is 0 Å². The standard InChI is InChI=1S/C15H15ClN4/c1-10-14(16)18-11(2)19-15(10)20(3)9-13-6-4-5-12(7-13)8-17/h4-7H,9H2,1-3H3. The molecule has 0 bridgehead atoms. The minimum absolute atomic E-state index is 0.477. The maximum Gasteiger partial charge on any atom is 0.137 e. The van der Waals surface area contributed by atoms with Crippen LogP contribution in [0.15, 0.2) is 24.3 Å². The number of hydrogen-bond acceptors (Lipinski definition) is 4. The fraction of sp³-hybridized carbons (Fsp3) is 0.267. The third-order valence-corrected chi connectivity index (χ3v) is 3.38. The van der Waals surface area contributed by atoms with E-state index in [4.69, 9.17) is 16.9 Å². The number of halogens is 1. The van der Waals surface area contributed by atoms with E-state index in [0.717, 1.165) is 16.9 Å². The Morgan fingerprint density at radius 3 is 2.75 bits per heavy atom. The van der Waals surface area contributed by atoms with Gasteiger partial charge >= 0.3 is 0 Å². The minimum Gasteiger partial charge on any atom is -0.355 e. The Morgan fingerprint density at radius 1 is 1.30 bits per heavy atom. The van der Waals surface area contributed by atoms with Gasteiger partial charge in [0, 0.05) is 19.2 Å². The van der Waals surface area contributed by atoms with E-state index in [9.17, 15) is 0 Å². The molecule has 0 saturated heterocycles. The van der Waals surface area contributed by atoms with Gasteiger partial charge in [-0.3, -0.25) is 0 Å². The van der Waals surface area contributed by atoms with Crippen molar-refractivity contribution in [2.75, 3.05) is 11.9 Å². The Labute approximate surface area is 123 Å². The molecule has 2 rings (SSSR count). The summed E-state index contributed by atoms with van der Waals surface area (Å²) < 4.78 is 0. The van der Waals surface area contributed by atoms with Crippen molar-refractivity contribution in [2.45, 2.75) is 20.4 Å². The van der Waals surface area contributed by atoms with Gasteiger partial charge in [-0.2, -0.15) is 5.26 Å². The van der Waals surface area contributed by atoms with E-state index in [-0.39, 0.29) is 0 Å². The van der Waals surface area contributed by atoms with Crippen LogP contribution in [0, 0.1) is 25.2 Å². The van der Waals surface area contributed by atoms with Crippen LogP contribution >= 0.6 is 11.6 Å². The first-order valence-electron chi connectivity index (χ1n) is 6.22. The number of anilines is 1. The van der Waals surface area contributed by atoms with Gasteiger partial charge in [-0.1, -0.05) is 23.7 Å². The number of nitriles is 1. The normalized spacial score (nSPS) is 10.2. The Bertz CT molecular complexity index is 676. The van der Waals surface area contributed by atoms with Crippen LogP contribution in [0.2, 0.25) is 5.15 Å². The van der Waals surface area contributed by atoms with Gasteiger partial charge in [-0.25, -0.2) is 9.97 Å². The molecule has 0 N–H and O–H groups in total. The summed E-state index contributed by atoms with van der Waals surface area (Å²) in [6.45, 7) is 4.38. The highest BCUT2D eigenvalue weighted by Crippen LogP contribution is 2.23. The van der Waals surface area contributed by atoms with Crippen LogP contribution in [0.5, 0.6) is 0 Å². The third kappa shape index (κ3) is 3.06. The van der Waals surface area contributed by atoms with Crippen LogP contribution in [0.1, 0.15) is 22.5 Å². The Morgan fingerprint density at radius 2 is 2.05 bits per heavy atom. The zero-order valence-corrected chi connectivity index (χ0v) is 12.4. The molecule has 0 aliphatic carbocycles. The molecule has 0 fully saturated rings. The van der Waals surface area contributed by atoms with E-state index < -0.39 is 0 Å². The third-order valence-electron chi connectivity index (χ3n) is 3.01. The largest absolute Gasteiger partial charge is 0.355 e. The number of rotatable bonds is 3. The lowest BCUT2D eigenvalue weighted by Crippen LogP contribution is -2.20. The van der Waals surface area contributed by atoms with Crippen LogP contribution in [-0.2, 0) is 6.54 Å². The van der Waals surface area contributed by atoms with Gasteiger partial charge in [-0.15, -0.1) is 0 Å². The van der Waals surface area contributed by atoms with E-state index in [2.05, 4.69) is 16.0 Å². The van der Waals surface area contributed by atoms with Crippen LogP contribution < -0.4 is 4.90 Å².